The molecule has 5 nitrogen and oxygen atoms in total. The molecule has 1 aromatic heterocycles. The molecule has 1 aliphatic rings. The Kier molecular flexibility index (Phi) is 5.11. The lowest BCUT2D eigenvalue weighted by Crippen LogP contribution is -2.43. The zero-order valence-corrected chi connectivity index (χ0v) is 13.9. The number of carbonyl (C=O) groups excluding carboxylic acids is 2. The van der Waals surface area contributed by atoms with E-state index in [1.807, 2.05) is 0 Å². The van der Waals surface area contributed by atoms with Crippen LogP contribution < -0.4 is 10.6 Å². The van der Waals surface area contributed by atoms with Crippen molar-refractivity contribution in [2.24, 2.45) is 0 Å². The molecular formula is C18H15F4N3O2. The van der Waals surface area contributed by atoms with Crippen molar-refractivity contribution >= 4 is 11.9 Å². The molecule has 1 unspecified atom stereocenters. The van der Waals surface area contributed by atoms with Crippen LogP contribution in [0.4, 0.5) is 22.4 Å². The zero-order chi connectivity index (χ0) is 19.6. The standard InChI is InChI=1S/C18H15F4N3O2/c19-13-4-2-1-3-12(13)15(16(26)25-17(27)24-11-5-6-11)14-9-10(7-8-23-14)18(20,21)22/h1-4,7-9,11,15H,5-6H2,(H2,24,25,26,27). The molecule has 3 rings (SSSR count). The van der Waals surface area contributed by atoms with E-state index in [9.17, 15) is 27.2 Å². The Morgan fingerprint density at radius 2 is 1.85 bits per heavy atom. The predicted octanol–water partition coefficient (Wildman–Crippen LogP) is 3.36. The maximum Gasteiger partial charge on any atom is 0.416 e. The third kappa shape index (κ3) is 4.60. The van der Waals surface area contributed by atoms with Gasteiger partial charge in [0.1, 0.15) is 11.7 Å². The van der Waals surface area contributed by atoms with Crippen LogP contribution in [0.1, 0.15) is 35.6 Å². The second-order valence-electron chi connectivity index (χ2n) is 6.16. The molecule has 1 saturated carbocycles. The van der Waals surface area contributed by atoms with Crippen LogP contribution in [0.5, 0.6) is 0 Å². The maximum absolute atomic E-state index is 14.2. The van der Waals surface area contributed by atoms with E-state index >= 15 is 0 Å². The smallest absolute Gasteiger partial charge is 0.335 e. The highest BCUT2D eigenvalue weighted by atomic mass is 19.4. The summed E-state index contributed by atoms with van der Waals surface area (Å²) in [5.74, 6) is -3.28. The van der Waals surface area contributed by atoms with Crippen molar-refractivity contribution in [2.75, 3.05) is 0 Å². The molecule has 1 aromatic carbocycles. The number of imide groups is 1. The van der Waals surface area contributed by atoms with E-state index < -0.39 is 35.4 Å². The number of rotatable bonds is 4. The third-order valence-electron chi connectivity index (χ3n) is 4.03. The Morgan fingerprint density at radius 3 is 2.48 bits per heavy atom. The summed E-state index contributed by atoms with van der Waals surface area (Å²) in [5, 5.41) is 4.58. The van der Waals surface area contributed by atoms with Gasteiger partial charge in [-0.15, -0.1) is 0 Å². The van der Waals surface area contributed by atoms with E-state index in [4.69, 9.17) is 0 Å². The highest BCUT2D eigenvalue weighted by molar-refractivity contribution is 5.99. The van der Waals surface area contributed by atoms with Crippen LogP contribution in [0.2, 0.25) is 0 Å². The van der Waals surface area contributed by atoms with Crippen molar-refractivity contribution in [1.29, 1.82) is 0 Å². The fourth-order valence-electron chi connectivity index (χ4n) is 2.56. The monoisotopic (exact) mass is 381 g/mol. The minimum absolute atomic E-state index is 0.0311. The SMILES string of the molecule is O=C(NC(=O)C(c1cc(C(F)(F)F)ccn1)c1ccccc1F)NC1CC1. The molecule has 2 aromatic rings. The second-order valence-corrected chi connectivity index (χ2v) is 6.16. The average Bonchev–Trinajstić information content (AvgIpc) is 3.40. The molecule has 142 valence electrons. The van der Waals surface area contributed by atoms with Gasteiger partial charge in [0.05, 0.1) is 11.3 Å². The van der Waals surface area contributed by atoms with Crippen LogP contribution >= 0.6 is 0 Å². The minimum Gasteiger partial charge on any atom is -0.335 e. The molecular weight excluding hydrogens is 366 g/mol. The van der Waals surface area contributed by atoms with Crippen molar-refractivity contribution in [3.05, 3.63) is 65.2 Å². The first-order chi connectivity index (χ1) is 12.8. The lowest BCUT2D eigenvalue weighted by Gasteiger charge is -2.18. The highest BCUT2D eigenvalue weighted by Gasteiger charge is 2.34. The first-order valence-corrected chi connectivity index (χ1v) is 8.14. The highest BCUT2D eigenvalue weighted by Crippen LogP contribution is 2.32. The van der Waals surface area contributed by atoms with Crippen molar-refractivity contribution in [2.45, 2.75) is 31.0 Å². The number of carbonyl (C=O) groups is 2. The number of alkyl halides is 3. The van der Waals surface area contributed by atoms with Crippen LogP contribution in [0.3, 0.4) is 0 Å². The number of nitrogens with one attached hydrogen (secondary N) is 2. The summed E-state index contributed by atoms with van der Waals surface area (Å²) in [7, 11) is 0. The Labute approximate surface area is 151 Å². The molecule has 1 aliphatic carbocycles. The normalized spacial score (nSPS) is 15.1. The van der Waals surface area contributed by atoms with Crippen LogP contribution in [-0.2, 0) is 11.0 Å². The quantitative estimate of drug-likeness (QED) is 0.798. The van der Waals surface area contributed by atoms with E-state index in [0.29, 0.717) is 6.07 Å². The van der Waals surface area contributed by atoms with Crippen molar-refractivity contribution in [3.8, 4) is 0 Å². The summed E-state index contributed by atoms with van der Waals surface area (Å²) < 4.78 is 53.3. The van der Waals surface area contributed by atoms with Crippen LogP contribution in [0, 0.1) is 5.82 Å². The van der Waals surface area contributed by atoms with Gasteiger partial charge in [-0.05, 0) is 31.0 Å². The minimum atomic E-state index is -4.66. The van der Waals surface area contributed by atoms with Gasteiger partial charge < -0.3 is 5.32 Å². The van der Waals surface area contributed by atoms with E-state index in [-0.39, 0.29) is 17.3 Å². The van der Waals surface area contributed by atoms with Crippen LogP contribution in [0.25, 0.3) is 0 Å². The summed E-state index contributed by atoms with van der Waals surface area (Å²) in [6, 6.07) is 5.78. The molecule has 3 amide bonds. The van der Waals surface area contributed by atoms with Gasteiger partial charge in [0, 0.05) is 17.8 Å². The molecule has 0 spiro atoms. The molecule has 9 heteroatoms. The number of halogens is 4. The number of hydrogen-bond donors (Lipinski definition) is 2. The molecule has 0 aliphatic heterocycles. The fourth-order valence-corrected chi connectivity index (χ4v) is 2.56. The number of pyridine rings is 1. The molecule has 0 radical (unpaired) electrons. The maximum atomic E-state index is 14.2. The largest absolute Gasteiger partial charge is 0.416 e. The predicted molar refractivity (Wildman–Crippen MR) is 87.2 cm³/mol. The molecule has 2 N–H and O–H groups in total. The van der Waals surface area contributed by atoms with Gasteiger partial charge in [0.2, 0.25) is 5.91 Å². The van der Waals surface area contributed by atoms with E-state index in [0.717, 1.165) is 31.2 Å². The number of amides is 3. The Balaban J connectivity index is 1.96. The van der Waals surface area contributed by atoms with E-state index in [1.165, 1.54) is 18.2 Å². The summed E-state index contributed by atoms with van der Waals surface area (Å²) in [5.41, 5.74) is -1.52. The second kappa shape index (κ2) is 7.34. The summed E-state index contributed by atoms with van der Waals surface area (Å²) in [4.78, 5) is 28.3. The Bertz CT molecular complexity index is 866. The summed E-state index contributed by atoms with van der Waals surface area (Å²) in [6.45, 7) is 0. The van der Waals surface area contributed by atoms with Gasteiger partial charge in [0.25, 0.3) is 0 Å². The zero-order valence-electron chi connectivity index (χ0n) is 13.9. The molecule has 0 saturated heterocycles. The van der Waals surface area contributed by atoms with Crippen molar-refractivity contribution < 1.29 is 27.2 Å². The van der Waals surface area contributed by atoms with Gasteiger partial charge in [0.15, 0.2) is 0 Å². The van der Waals surface area contributed by atoms with Crippen molar-refractivity contribution in [3.63, 3.8) is 0 Å². The summed E-state index contributed by atoms with van der Waals surface area (Å²) >= 11 is 0. The lowest BCUT2D eigenvalue weighted by atomic mass is 9.93. The topological polar surface area (TPSA) is 71.1 Å². The first-order valence-electron chi connectivity index (χ1n) is 8.14. The van der Waals surface area contributed by atoms with Gasteiger partial charge in [-0.25, -0.2) is 9.18 Å². The van der Waals surface area contributed by atoms with Gasteiger partial charge in [-0.3, -0.25) is 15.1 Å². The molecule has 1 atom stereocenters. The number of urea groups is 1. The fraction of sp³-hybridized carbons (Fsp3) is 0.278. The van der Waals surface area contributed by atoms with Crippen molar-refractivity contribution in [1.82, 2.24) is 15.6 Å². The number of hydrogen-bond acceptors (Lipinski definition) is 3. The van der Waals surface area contributed by atoms with Gasteiger partial charge in [-0.2, -0.15) is 13.2 Å². The van der Waals surface area contributed by atoms with Gasteiger partial charge >= 0.3 is 12.2 Å². The Hall–Kier alpha value is -2.97. The third-order valence-corrected chi connectivity index (χ3v) is 4.03. The molecule has 0 bridgehead atoms. The summed E-state index contributed by atoms with van der Waals surface area (Å²) in [6.07, 6.45) is -2.19. The van der Waals surface area contributed by atoms with Gasteiger partial charge in [-0.1, -0.05) is 18.2 Å². The van der Waals surface area contributed by atoms with E-state index in [2.05, 4.69) is 15.6 Å². The number of aromatic nitrogens is 1. The molecule has 1 heterocycles. The molecule has 27 heavy (non-hydrogen) atoms. The van der Waals surface area contributed by atoms with E-state index in [1.54, 1.807) is 0 Å². The molecule has 1 fully saturated rings. The number of nitrogens with zero attached hydrogens (tertiary/aromatic N) is 1. The lowest BCUT2D eigenvalue weighted by molar-refractivity contribution is -0.137. The first kappa shape index (κ1) is 18.8. The van der Waals surface area contributed by atoms with Crippen LogP contribution in [0.15, 0.2) is 42.6 Å². The Morgan fingerprint density at radius 1 is 1.15 bits per heavy atom. The number of benzene rings is 1. The average molecular weight is 381 g/mol. The van der Waals surface area contributed by atoms with Crippen LogP contribution in [-0.4, -0.2) is 23.0 Å².